The first kappa shape index (κ1) is 9.33. The van der Waals surface area contributed by atoms with Crippen molar-refractivity contribution in [2.45, 2.75) is 6.92 Å². The summed E-state index contributed by atoms with van der Waals surface area (Å²) in [6, 6.07) is 0. The van der Waals surface area contributed by atoms with Crippen molar-refractivity contribution in [2.24, 2.45) is 0 Å². The molecular weight excluding hydrogens is 148 g/mol. The Morgan fingerprint density at radius 2 is 2.25 bits per heavy atom. The van der Waals surface area contributed by atoms with E-state index in [1.165, 1.54) is 5.57 Å². The Bertz CT molecular complexity index is 192. The van der Waals surface area contributed by atoms with Gasteiger partial charge in [0.2, 0.25) is 0 Å². The number of rotatable bonds is 3. The van der Waals surface area contributed by atoms with Gasteiger partial charge in [-0.05, 0) is 26.6 Å². The maximum atomic E-state index is 2.34. The summed E-state index contributed by atoms with van der Waals surface area (Å²) in [5.41, 5.74) is 1.35. The minimum atomic E-state index is 1.06. The van der Waals surface area contributed by atoms with Gasteiger partial charge in [-0.3, -0.25) is 0 Å². The van der Waals surface area contributed by atoms with Gasteiger partial charge in [0.05, 0.1) is 0 Å². The molecule has 0 aliphatic carbocycles. The van der Waals surface area contributed by atoms with Crippen molar-refractivity contribution in [1.29, 1.82) is 0 Å². The molecule has 0 aromatic heterocycles. The Labute approximate surface area is 75.2 Å². The van der Waals surface area contributed by atoms with Crippen molar-refractivity contribution in [3.8, 4) is 0 Å². The highest BCUT2D eigenvalue weighted by atomic mass is 15.2. The van der Waals surface area contributed by atoms with Gasteiger partial charge in [0.25, 0.3) is 0 Å². The van der Waals surface area contributed by atoms with Crippen LogP contribution in [0.4, 0.5) is 0 Å². The molecule has 0 radical (unpaired) electrons. The Hall–Kier alpha value is -0.760. The van der Waals surface area contributed by atoms with Gasteiger partial charge in [0.1, 0.15) is 0 Å². The van der Waals surface area contributed by atoms with Crippen LogP contribution in [0.3, 0.4) is 0 Å². The van der Waals surface area contributed by atoms with E-state index in [2.05, 4.69) is 49.2 Å². The SMILES string of the molecule is CC1=CN(CCN(C)C)CC=C1. The van der Waals surface area contributed by atoms with E-state index in [-0.39, 0.29) is 0 Å². The molecule has 0 saturated heterocycles. The lowest BCUT2D eigenvalue weighted by atomic mass is 10.2. The largest absolute Gasteiger partial charge is 0.372 e. The Kier molecular flexibility index (Phi) is 3.35. The fraction of sp³-hybridized carbons (Fsp3) is 0.600. The molecule has 68 valence electrons. The summed E-state index contributed by atoms with van der Waals surface area (Å²) in [7, 11) is 4.21. The highest BCUT2D eigenvalue weighted by molar-refractivity contribution is 5.19. The summed E-state index contributed by atoms with van der Waals surface area (Å²) < 4.78 is 0. The van der Waals surface area contributed by atoms with E-state index >= 15 is 0 Å². The van der Waals surface area contributed by atoms with Crippen LogP contribution in [0.2, 0.25) is 0 Å². The average molecular weight is 166 g/mol. The van der Waals surface area contributed by atoms with E-state index in [0.717, 1.165) is 19.6 Å². The number of hydrogen-bond acceptors (Lipinski definition) is 2. The molecule has 0 aromatic carbocycles. The summed E-state index contributed by atoms with van der Waals surface area (Å²) in [4.78, 5) is 4.55. The van der Waals surface area contributed by atoms with Crippen LogP contribution in [-0.4, -0.2) is 43.5 Å². The van der Waals surface area contributed by atoms with Crippen molar-refractivity contribution in [1.82, 2.24) is 9.80 Å². The van der Waals surface area contributed by atoms with Crippen molar-refractivity contribution in [3.05, 3.63) is 23.9 Å². The Balaban J connectivity index is 2.30. The first-order chi connectivity index (χ1) is 5.68. The number of allylic oxidation sites excluding steroid dienone is 2. The highest BCUT2D eigenvalue weighted by Crippen LogP contribution is 2.05. The normalized spacial score (nSPS) is 17.0. The van der Waals surface area contributed by atoms with E-state index in [4.69, 9.17) is 0 Å². The fourth-order valence-electron chi connectivity index (χ4n) is 1.24. The van der Waals surface area contributed by atoms with Gasteiger partial charge in [-0.25, -0.2) is 0 Å². The van der Waals surface area contributed by atoms with Gasteiger partial charge in [0, 0.05) is 25.8 Å². The van der Waals surface area contributed by atoms with E-state index in [1.807, 2.05) is 0 Å². The summed E-state index contributed by atoms with van der Waals surface area (Å²) in [5.74, 6) is 0. The second-order valence-electron chi connectivity index (χ2n) is 3.57. The minimum absolute atomic E-state index is 1.06. The number of nitrogens with zero attached hydrogens (tertiary/aromatic N) is 2. The quantitative estimate of drug-likeness (QED) is 0.624. The molecule has 1 aliphatic rings. The number of hydrogen-bond donors (Lipinski definition) is 0. The zero-order chi connectivity index (χ0) is 8.97. The lowest BCUT2D eigenvalue weighted by molar-refractivity contribution is 0.322. The maximum Gasteiger partial charge on any atom is 0.0357 e. The van der Waals surface area contributed by atoms with Crippen LogP contribution in [-0.2, 0) is 0 Å². The molecule has 0 unspecified atom stereocenters. The lowest BCUT2D eigenvalue weighted by Crippen LogP contribution is -2.29. The van der Waals surface area contributed by atoms with Crippen molar-refractivity contribution < 1.29 is 0 Å². The molecule has 0 fully saturated rings. The van der Waals surface area contributed by atoms with Gasteiger partial charge in [-0.15, -0.1) is 0 Å². The van der Waals surface area contributed by atoms with Gasteiger partial charge < -0.3 is 9.80 Å². The Morgan fingerprint density at radius 1 is 1.50 bits per heavy atom. The second kappa shape index (κ2) is 4.31. The molecule has 12 heavy (non-hydrogen) atoms. The molecule has 0 N–H and O–H groups in total. The van der Waals surface area contributed by atoms with Gasteiger partial charge in [-0.2, -0.15) is 0 Å². The third kappa shape index (κ3) is 3.09. The standard InChI is InChI=1S/C10H18N2/c1-10-5-4-6-12(9-10)8-7-11(2)3/h4-5,9H,6-8H2,1-3H3. The summed E-state index contributed by atoms with van der Waals surface area (Å²) >= 11 is 0. The van der Waals surface area contributed by atoms with E-state index < -0.39 is 0 Å². The van der Waals surface area contributed by atoms with Crippen LogP contribution in [0.25, 0.3) is 0 Å². The zero-order valence-electron chi connectivity index (χ0n) is 8.25. The van der Waals surface area contributed by atoms with Gasteiger partial charge in [0.15, 0.2) is 0 Å². The molecule has 0 aromatic rings. The van der Waals surface area contributed by atoms with E-state index in [9.17, 15) is 0 Å². The topological polar surface area (TPSA) is 6.48 Å². The Morgan fingerprint density at radius 3 is 2.83 bits per heavy atom. The van der Waals surface area contributed by atoms with Crippen LogP contribution < -0.4 is 0 Å². The first-order valence-corrected chi connectivity index (χ1v) is 4.42. The van der Waals surface area contributed by atoms with Crippen LogP contribution in [0, 0.1) is 0 Å². The zero-order valence-corrected chi connectivity index (χ0v) is 8.25. The van der Waals surface area contributed by atoms with E-state index in [0.29, 0.717) is 0 Å². The molecule has 2 heteroatoms. The number of likely N-dealkylation sites (N-methyl/N-ethyl adjacent to an activating group) is 1. The van der Waals surface area contributed by atoms with Crippen molar-refractivity contribution >= 4 is 0 Å². The van der Waals surface area contributed by atoms with Gasteiger partial charge in [-0.1, -0.05) is 12.2 Å². The van der Waals surface area contributed by atoms with E-state index in [1.54, 1.807) is 0 Å². The summed E-state index contributed by atoms with van der Waals surface area (Å²) in [6.45, 7) is 5.44. The minimum Gasteiger partial charge on any atom is -0.372 e. The molecule has 0 saturated carbocycles. The second-order valence-corrected chi connectivity index (χ2v) is 3.57. The van der Waals surface area contributed by atoms with Crippen molar-refractivity contribution in [2.75, 3.05) is 33.7 Å². The lowest BCUT2D eigenvalue weighted by Gasteiger charge is -2.23. The van der Waals surface area contributed by atoms with Crippen LogP contribution in [0.5, 0.6) is 0 Å². The molecule has 0 spiro atoms. The molecule has 0 bridgehead atoms. The highest BCUT2D eigenvalue weighted by Gasteiger charge is 2.01. The molecule has 0 atom stereocenters. The molecule has 2 nitrogen and oxygen atoms in total. The maximum absolute atomic E-state index is 2.34. The van der Waals surface area contributed by atoms with Crippen LogP contribution >= 0.6 is 0 Å². The fourth-order valence-corrected chi connectivity index (χ4v) is 1.24. The molecule has 1 rings (SSSR count). The predicted molar refractivity (Wildman–Crippen MR) is 53.0 cm³/mol. The smallest absolute Gasteiger partial charge is 0.0357 e. The van der Waals surface area contributed by atoms with Crippen LogP contribution in [0.15, 0.2) is 23.9 Å². The molecule has 1 heterocycles. The summed E-state index contributed by atoms with van der Waals surface area (Å²) in [6.07, 6.45) is 6.61. The third-order valence-corrected chi connectivity index (χ3v) is 1.94. The van der Waals surface area contributed by atoms with Crippen LogP contribution in [0.1, 0.15) is 6.92 Å². The monoisotopic (exact) mass is 166 g/mol. The molecule has 1 aliphatic heterocycles. The van der Waals surface area contributed by atoms with Gasteiger partial charge >= 0.3 is 0 Å². The average Bonchev–Trinajstić information content (AvgIpc) is 2.01. The molecule has 0 amide bonds. The predicted octanol–water partition coefficient (Wildman–Crippen LogP) is 1.32. The summed E-state index contributed by atoms with van der Waals surface area (Å²) in [5, 5.41) is 0. The first-order valence-electron chi connectivity index (χ1n) is 4.42. The third-order valence-electron chi connectivity index (χ3n) is 1.94. The molecular formula is C10H18N2. The van der Waals surface area contributed by atoms with Crippen molar-refractivity contribution in [3.63, 3.8) is 0 Å².